The Morgan fingerprint density at radius 1 is 1.26 bits per heavy atom. The number of benzene rings is 1. The van der Waals surface area contributed by atoms with Crippen molar-refractivity contribution in [3.63, 3.8) is 0 Å². The minimum Gasteiger partial charge on any atom is -0.480 e. The fourth-order valence-electron chi connectivity index (χ4n) is 2.00. The summed E-state index contributed by atoms with van der Waals surface area (Å²) in [6.45, 7) is 0.473. The number of carboxylic acid groups (broad SMARTS) is 1. The summed E-state index contributed by atoms with van der Waals surface area (Å²) in [7, 11) is 0. The molecule has 1 aliphatic rings. The van der Waals surface area contributed by atoms with Gasteiger partial charge < -0.3 is 5.11 Å². The van der Waals surface area contributed by atoms with Crippen LogP contribution >= 0.6 is 0 Å². The third kappa shape index (κ3) is 3.96. The lowest BCUT2D eigenvalue weighted by Gasteiger charge is -2.20. The molecular weight excluding hydrogens is 259 g/mol. The van der Waals surface area contributed by atoms with Gasteiger partial charge in [0.15, 0.2) is 17.5 Å². The standard InChI is InChI=1S/C13H14F3NO2/c14-10-3-9(4-11(15)13(10)16)6-17(7-12(18)19)5-8-1-2-8/h3-4,8H,1-2,5-7H2,(H,18,19). The highest BCUT2D eigenvalue weighted by Gasteiger charge is 2.25. The Labute approximate surface area is 108 Å². The second-order valence-corrected chi connectivity index (χ2v) is 4.88. The van der Waals surface area contributed by atoms with Crippen LogP contribution in [0, 0.1) is 23.4 Å². The fourth-order valence-corrected chi connectivity index (χ4v) is 2.00. The Balaban J connectivity index is 2.08. The molecule has 1 aromatic rings. The second-order valence-electron chi connectivity index (χ2n) is 4.88. The molecule has 0 unspecified atom stereocenters. The van der Waals surface area contributed by atoms with E-state index in [2.05, 4.69) is 0 Å². The first kappa shape index (κ1) is 13.9. The van der Waals surface area contributed by atoms with Gasteiger partial charge in [-0.05, 0) is 36.5 Å². The highest BCUT2D eigenvalue weighted by atomic mass is 19.2. The van der Waals surface area contributed by atoms with Crippen molar-refractivity contribution in [3.05, 3.63) is 35.1 Å². The summed E-state index contributed by atoms with van der Waals surface area (Å²) in [6.07, 6.45) is 2.09. The number of carboxylic acids is 1. The van der Waals surface area contributed by atoms with Crippen LogP contribution in [-0.2, 0) is 11.3 Å². The van der Waals surface area contributed by atoms with E-state index in [-0.39, 0.29) is 18.7 Å². The lowest BCUT2D eigenvalue weighted by molar-refractivity contribution is -0.138. The summed E-state index contributed by atoms with van der Waals surface area (Å²) in [4.78, 5) is 12.3. The quantitative estimate of drug-likeness (QED) is 0.809. The van der Waals surface area contributed by atoms with Crippen LogP contribution in [0.1, 0.15) is 18.4 Å². The van der Waals surface area contributed by atoms with Gasteiger partial charge in [-0.25, -0.2) is 13.2 Å². The minimum atomic E-state index is -1.50. The SMILES string of the molecule is O=C(O)CN(Cc1cc(F)c(F)c(F)c1)CC1CC1. The number of carbonyl (C=O) groups is 1. The Bertz CT molecular complexity index is 466. The van der Waals surface area contributed by atoms with E-state index in [1.165, 1.54) is 0 Å². The Morgan fingerprint density at radius 3 is 2.32 bits per heavy atom. The number of hydrogen-bond acceptors (Lipinski definition) is 2. The van der Waals surface area contributed by atoms with Crippen LogP contribution in [-0.4, -0.2) is 29.1 Å². The third-order valence-electron chi connectivity index (χ3n) is 3.02. The topological polar surface area (TPSA) is 40.5 Å². The molecule has 6 heteroatoms. The molecule has 0 radical (unpaired) electrons. The van der Waals surface area contributed by atoms with Crippen LogP contribution in [0.4, 0.5) is 13.2 Å². The zero-order valence-electron chi connectivity index (χ0n) is 10.2. The van der Waals surface area contributed by atoms with E-state index in [0.717, 1.165) is 25.0 Å². The first-order valence-electron chi connectivity index (χ1n) is 6.03. The van der Waals surface area contributed by atoms with Crippen LogP contribution in [0.25, 0.3) is 0 Å². The summed E-state index contributed by atoms with van der Waals surface area (Å²) in [6, 6.07) is 1.81. The molecule has 0 amide bonds. The minimum absolute atomic E-state index is 0.0942. The molecule has 19 heavy (non-hydrogen) atoms. The third-order valence-corrected chi connectivity index (χ3v) is 3.02. The van der Waals surface area contributed by atoms with Gasteiger partial charge >= 0.3 is 5.97 Å². The summed E-state index contributed by atoms with van der Waals surface area (Å²) in [5.74, 6) is -4.55. The van der Waals surface area contributed by atoms with E-state index < -0.39 is 23.4 Å². The van der Waals surface area contributed by atoms with E-state index in [1.807, 2.05) is 0 Å². The molecule has 1 saturated carbocycles. The normalized spacial score (nSPS) is 14.9. The summed E-state index contributed by atoms with van der Waals surface area (Å²) in [5, 5.41) is 8.80. The summed E-state index contributed by atoms with van der Waals surface area (Å²) < 4.78 is 39.0. The van der Waals surface area contributed by atoms with Crippen molar-refractivity contribution < 1.29 is 23.1 Å². The molecule has 3 nitrogen and oxygen atoms in total. The van der Waals surface area contributed by atoms with Crippen molar-refractivity contribution in [2.45, 2.75) is 19.4 Å². The maximum Gasteiger partial charge on any atom is 0.317 e. The van der Waals surface area contributed by atoms with Crippen molar-refractivity contribution in [3.8, 4) is 0 Å². The van der Waals surface area contributed by atoms with E-state index >= 15 is 0 Å². The fraction of sp³-hybridized carbons (Fsp3) is 0.462. The van der Waals surface area contributed by atoms with Gasteiger partial charge in [-0.1, -0.05) is 0 Å². The highest BCUT2D eigenvalue weighted by Crippen LogP contribution is 2.30. The summed E-state index contributed by atoms with van der Waals surface area (Å²) >= 11 is 0. The number of aliphatic carboxylic acids is 1. The van der Waals surface area contributed by atoms with Crippen molar-refractivity contribution >= 4 is 5.97 Å². The van der Waals surface area contributed by atoms with E-state index in [0.29, 0.717) is 12.5 Å². The first-order valence-corrected chi connectivity index (χ1v) is 6.03. The lowest BCUT2D eigenvalue weighted by atomic mass is 10.2. The second kappa shape index (κ2) is 5.61. The predicted molar refractivity (Wildman–Crippen MR) is 62.0 cm³/mol. The molecule has 0 heterocycles. The zero-order valence-corrected chi connectivity index (χ0v) is 10.2. The lowest BCUT2D eigenvalue weighted by Crippen LogP contribution is -2.31. The molecule has 0 atom stereocenters. The number of hydrogen-bond donors (Lipinski definition) is 1. The van der Waals surface area contributed by atoms with E-state index in [9.17, 15) is 18.0 Å². The predicted octanol–water partition coefficient (Wildman–Crippen LogP) is 2.40. The van der Waals surface area contributed by atoms with Gasteiger partial charge in [-0.15, -0.1) is 0 Å². The van der Waals surface area contributed by atoms with Crippen LogP contribution in [0.2, 0.25) is 0 Å². The monoisotopic (exact) mass is 273 g/mol. The van der Waals surface area contributed by atoms with Gasteiger partial charge in [0, 0.05) is 13.1 Å². The molecule has 0 aromatic heterocycles. The Morgan fingerprint density at radius 2 is 1.84 bits per heavy atom. The van der Waals surface area contributed by atoms with Gasteiger partial charge in [0.05, 0.1) is 6.54 Å². The van der Waals surface area contributed by atoms with Crippen LogP contribution in [0.3, 0.4) is 0 Å². The average molecular weight is 273 g/mol. The molecule has 2 rings (SSSR count). The molecule has 1 aliphatic carbocycles. The number of halogens is 3. The molecule has 1 aromatic carbocycles. The average Bonchev–Trinajstić information content (AvgIpc) is 3.08. The van der Waals surface area contributed by atoms with Gasteiger partial charge in [0.1, 0.15) is 0 Å². The van der Waals surface area contributed by atoms with Crippen molar-refractivity contribution in [2.24, 2.45) is 5.92 Å². The van der Waals surface area contributed by atoms with Gasteiger partial charge in [0.2, 0.25) is 0 Å². The molecule has 104 valence electrons. The molecule has 0 bridgehead atoms. The van der Waals surface area contributed by atoms with E-state index in [1.54, 1.807) is 4.90 Å². The Kier molecular flexibility index (Phi) is 4.09. The van der Waals surface area contributed by atoms with Gasteiger partial charge in [-0.2, -0.15) is 0 Å². The highest BCUT2D eigenvalue weighted by molar-refractivity contribution is 5.69. The molecule has 1 N–H and O–H groups in total. The maximum absolute atomic E-state index is 13.1. The Hall–Kier alpha value is -1.56. The molecule has 0 saturated heterocycles. The van der Waals surface area contributed by atoms with Crippen LogP contribution in [0.15, 0.2) is 12.1 Å². The summed E-state index contributed by atoms with van der Waals surface area (Å²) in [5.41, 5.74) is 0.235. The van der Waals surface area contributed by atoms with Crippen LogP contribution in [0.5, 0.6) is 0 Å². The van der Waals surface area contributed by atoms with Crippen molar-refractivity contribution in [1.29, 1.82) is 0 Å². The van der Waals surface area contributed by atoms with Crippen LogP contribution < -0.4 is 0 Å². The molecule has 1 fully saturated rings. The maximum atomic E-state index is 13.1. The number of rotatable bonds is 6. The van der Waals surface area contributed by atoms with Gasteiger partial charge in [-0.3, -0.25) is 9.69 Å². The van der Waals surface area contributed by atoms with Crippen molar-refractivity contribution in [2.75, 3.05) is 13.1 Å². The smallest absolute Gasteiger partial charge is 0.317 e. The van der Waals surface area contributed by atoms with Gasteiger partial charge in [0.25, 0.3) is 0 Å². The number of nitrogens with zero attached hydrogens (tertiary/aromatic N) is 1. The first-order chi connectivity index (χ1) is 8.95. The molecular formula is C13H14F3NO2. The van der Waals surface area contributed by atoms with E-state index in [4.69, 9.17) is 5.11 Å². The zero-order chi connectivity index (χ0) is 14.0. The molecule has 0 aliphatic heterocycles. The largest absolute Gasteiger partial charge is 0.480 e. The molecule has 0 spiro atoms. The van der Waals surface area contributed by atoms with Crippen molar-refractivity contribution in [1.82, 2.24) is 4.90 Å².